The number of hydrogen-bond acceptors (Lipinski definition) is 3. The van der Waals surface area contributed by atoms with Crippen LogP contribution in [-0.4, -0.2) is 6.54 Å². The zero-order valence-corrected chi connectivity index (χ0v) is 12.9. The molecule has 0 saturated carbocycles. The van der Waals surface area contributed by atoms with Crippen LogP contribution < -0.4 is 11.1 Å². The van der Waals surface area contributed by atoms with Gasteiger partial charge in [-0.25, -0.2) is 0 Å². The highest BCUT2D eigenvalue weighted by Crippen LogP contribution is 2.31. The van der Waals surface area contributed by atoms with Gasteiger partial charge in [0, 0.05) is 23.3 Å². The lowest BCUT2D eigenvalue weighted by Crippen LogP contribution is -2.30. The lowest BCUT2D eigenvalue weighted by atomic mass is 10.0. The molecule has 0 aliphatic carbocycles. The minimum absolute atomic E-state index is 0.177. The molecular formula is C18H20N2S. The second-order valence-corrected chi connectivity index (χ2v) is 6.19. The molecule has 3 heteroatoms. The maximum atomic E-state index is 6.02. The molecule has 0 bridgehead atoms. The first-order valence-corrected chi connectivity index (χ1v) is 8.14. The van der Waals surface area contributed by atoms with Crippen molar-refractivity contribution in [3.63, 3.8) is 0 Å². The van der Waals surface area contributed by atoms with E-state index in [1.54, 1.807) is 11.3 Å². The van der Waals surface area contributed by atoms with Gasteiger partial charge in [0.25, 0.3) is 0 Å². The van der Waals surface area contributed by atoms with Crippen LogP contribution in [0.3, 0.4) is 0 Å². The van der Waals surface area contributed by atoms with E-state index in [1.807, 2.05) is 6.07 Å². The third-order valence-corrected chi connectivity index (χ3v) is 4.85. The summed E-state index contributed by atoms with van der Waals surface area (Å²) in [6.45, 7) is 2.78. The summed E-state index contributed by atoms with van der Waals surface area (Å²) in [5.41, 5.74) is 8.62. The summed E-state index contributed by atoms with van der Waals surface area (Å²) >= 11 is 1.78. The number of nitrogens with one attached hydrogen (secondary N) is 1. The monoisotopic (exact) mass is 296 g/mol. The minimum Gasteiger partial charge on any atom is -0.329 e. The Morgan fingerprint density at radius 3 is 2.52 bits per heavy atom. The van der Waals surface area contributed by atoms with E-state index < -0.39 is 0 Å². The van der Waals surface area contributed by atoms with E-state index in [1.165, 1.54) is 21.2 Å². The van der Waals surface area contributed by atoms with Crippen LogP contribution in [0.25, 0.3) is 10.1 Å². The molecule has 1 heterocycles. The summed E-state index contributed by atoms with van der Waals surface area (Å²) in [4.78, 5) is 0. The molecule has 1 aromatic heterocycles. The Hall–Kier alpha value is -1.68. The Morgan fingerprint density at radius 2 is 1.76 bits per heavy atom. The summed E-state index contributed by atoms with van der Waals surface area (Å²) in [7, 11) is 0. The molecule has 0 radical (unpaired) electrons. The van der Waals surface area contributed by atoms with Crippen LogP contribution in [-0.2, 0) is 0 Å². The van der Waals surface area contributed by atoms with Gasteiger partial charge >= 0.3 is 0 Å². The molecule has 3 N–H and O–H groups in total. The second kappa shape index (κ2) is 6.39. The van der Waals surface area contributed by atoms with Crippen molar-refractivity contribution in [1.82, 2.24) is 5.32 Å². The largest absolute Gasteiger partial charge is 0.329 e. The summed E-state index contributed by atoms with van der Waals surface area (Å²) in [6, 6.07) is 19.5. The van der Waals surface area contributed by atoms with Crippen LogP contribution >= 0.6 is 11.3 Å². The summed E-state index contributed by atoms with van der Waals surface area (Å²) < 4.78 is 1.32. The Bertz CT molecular complexity index is 705. The van der Waals surface area contributed by atoms with Crippen LogP contribution in [0.5, 0.6) is 0 Å². The van der Waals surface area contributed by atoms with Crippen molar-refractivity contribution in [3.8, 4) is 0 Å². The predicted octanol–water partition coefficient (Wildman–Crippen LogP) is 4.25. The number of nitrogens with two attached hydrogens (primary N) is 1. The Labute approximate surface area is 129 Å². The molecule has 0 spiro atoms. The maximum Gasteiger partial charge on any atom is 0.0463 e. The number of fused-ring (bicyclic) bond motifs is 1. The molecule has 0 fully saturated rings. The molecule has 3 aromatic rings. The van der Waals surface area contributed by atoms with E-state index in [9.17, 15) is 0 Å². The first kappa shape index (κ1) is 14.3. The zero-order valence-electron chi connectivity index (χ0n) is 12.1. The molecule has 2 unspecified atom stereocenters. The first-order valence-electron chi connectivity index (χ1n) is 7.27. The molecule has 21 heavy (non-hydrogen) atoms. The molecule has 0 amide bonds. The Balaban J connectivity index is 1.85. The number of benzene rings is 2. The molecule has 108 valence electrons. The van der Waals surface area contributed by atoms with Gasteiger partial charge in [-0.05, 0) is 34.9 Å². The van der Waals surface area contributed by atoms with Crippen molar-refractivity contribution in [1.29, 1.82) is 0 Å². The van der Waals surface area contributed by atoms with Crippen LogP contribution in [0.2, 0.25) is 0 Å². The standard InChI is InChI=1S/C18H20N2S/c1-13(14-7-3-2-4-8-14)20-17(11-19)16-12-21-18-10-6-5-9-15(16)18/h2-10,12-13,17,20H,11,19H2,1H3. The van der Waals surface area contributed by atoms with E-state index in [-0.39, 0.29) is 12.1 Å². The normalized spacial score (nSPS) is 14.2. The molecule has 2 nitrogen and oxygen atoms in total. The van der Waals surface area contributed by atoms with E-state index in [4.69, 9.17) is 5.73 Å². The molecule has 0 aliphatic rings. The highest BCUT2D eigenvalue weighted by atomic mass is 32.1. The van der Waals surface area contributed by atoms with E-state index in [2.05, 4.69) is 66.2 Å². The van der Waals surface area contributed by atoms with E-state index in [0.29, 0.717) is 6.54 Å². The summed E-state index contributed by atoms with van der Waals surface area (Å²) in [5, 5.41) is 7.20. The highest BCUT2D eigenvalue weighted by molar-refractivity contribution is 7.17. The number of thiophene rings is 1. The number of hydrogen-bond donors (Lipinski definition) is 2. The van der Waals surface area contributed by atoms with Crippen molar-refractivity contribution >= 4 is 21.4 Å². The molecule has 2 aromatic carbocycles. The van der Waals surface area contributed by atoms with Gasteiger partial charge in [-0.2, -0.15) is 0 Å². The van der Waals surface area contributed by atoms with Crippen molar-refractivity contribution in [2.24, 2.45) is 5.73 Å². The molecule has 2 atom stereocenters. The quantitative estimate of drug-likeness (QED) is 0.738. The van der Waals surface area contributed by atoms with Crippen LogP contribution in [0.15, 0.2) is 60.0 Å². The average molecular weight is 296 g/mol. The molecule has 3 rings (SSSR count). The van der Waals surface area contributed by atoms with Gasteiger partial charge in [-0.3, -0.25) is 0 Å². The van der Waals surface area contributed by atoms with Gasteiger partial charge in [-0.15, -0.1) is 11.3 Å². The Kier molecular flexibility index (Phi) is 4.34. The lowest BCUT2D eigenvalue weighted by molar-refractivity contribution is 0.476. The van der Waals surface area contributed by atoms with Gasteiger partial charge in [0.15, 0.2) is 0 Å². The fraction of sp³-hybridized carbons (Fsp3) is 0.222. The van der Waals surface area contributed by atoms with Crippen molar-refractivity contribution in [2.75, 3.05) is 6.54 Å². The third kappa shape index (κ3) is 3.00. The summed E-state index contributed by atoms with van der Waals surface area (Å²) in [5.74, 6) is 0. The van der Waals surface area contributed by atoms with Gasteiger partial charge in [0.05, 0.1) is 0 Å². The maximum absolute atomic E-state index is 6.02. The molecule has 0 saturated heterocycles. The topological polar surface area (TPSA) is 38.0 Å². The highest BCUT2D eigenvalue weighted by Gasteiger charge is 2.17. The Morgan fingerprint density at radius 1 is 1.05 bits per heavy atom. The average Bonchev–Trinajstić information content (AvgIpc) is 2.97. The smallest absolute Gasteiger partial charge is 0.0463 e. The van der Waals surface area contributed by atoms with Gasteiger partial charge in [0.2, 0.25) is 0 Å². The minimum atomic E-state index is 0.177. The second-order valence-electron chi connectivity index (χ2n) is 5.27. The van der Waals surface area contributed by atoms with Crippen molar-refractivity contribution in [3.05, 3.63) is 71.1 Å². The zero-order chi connectivity index (χ0) is 14.7. The van der Waals surface area contributed by atoms with Crippen LogP contribution in [0, 0.1) is 0 Å². The fourth-order valence-electron chi connectivity index (χ4n) is 2.69. The van der Waals surface area contributed by atoms with E-state index >= 15 is 0 Å². The first-order chi connectivity index (χ1) is 10.3. The number of rotatable bonds is 5. The predicted molar refractivity (Wildman–Crippen MR) is 91.6 cm³/mol. The van der Waals surface area contributed by atoms with Crippen molar-refractivity contribution in [2.45, 2.75) is 19.0 Å². The fourth-order valence-corrected chi connectivity index (χ4v) is 3.71. The molecular weight excluding hydrogens is 276 g/mol. The summed E-state index contributed by atoms with van der Waals surface area (Å²) in [6.07, 6.45) is 0. The molecule has 0 aliphatic heterocycles. The van der Waals surface area contributed by atoms with Crippen LogP contribution in [0.4, 0.5) is 0 Å². The van der Waals surface area contributed by atoms with Gasteiger partial charge in [0.1, 0.15) is 0 Å². The van der Waals surface area contributed by atoms with Crippen LogP contribution in [0.1, 0.15) is 30.1 Å². The van der Waals surface area contributed by atoms with Gasteiger partial charge in [-0.1, -0.05) is 48.5 Å². The SMILES string of the molecule is CC(NC(CN)c1csc2ccccc12)c1ccccc1. The lowest BCUT2D eigenvalue weighted by Gasteiger charge is -2.22. The third-order valence-electron chi connectivity index (χ3n) is 3.87. The van der Waals surface area contributed by atoms with E-state index in [0.717, 1.165) is 0 Å². The van der Waals surface area contributed by atoms with Gasteiger partial charge < -0.3 is 11.1 Å². The van der Waals surface area contributed by atoms with Crippen molar-refractivity contribution < 1.29 is 0 Å².